The zero-order chi connectivity index (χ0) is 31.6. The number of hydrogen-bond acceptors (Lipinski definition) is 8. The number of phosphoric ester groups is 1. The summed E-state index contributed by atoms with van der Waals surface area (Å²) in [4.78, 5) is 6.67. The molecule has 0 amide bonds. The van der Waals surface area contributed by atoms with Crippen LogP contribution >= 0.6 is 7.82 Å². The lowest BCUT2D eigenvalue weighted by Crippen LogP contribution is -2.07. The van der Waals surface area contributed by atoms with E-state index in [9.17, 15) is 9.83 Å². The Bertz CT molecular complexity index is 1930. The first kappa shape index (κ1) is 29.8. The average Bonchev–Trinajstić information content (AvgIpc) is 3.06. The molecule has 0 saturated heterocycles. The quantitative estimate of drug-likeness (QED) is 0.113. The third kappa shape index (κ3) is 7.58. The smallest absolute Gasteiger partial charge is 0.459 e. The fourth-order valence-electron chi connectivity index (χ4n) is 3.86. The molecule has 0 fully saturated rings. The van der Waals surface area contributed by atoms with Gasteiger partial charge < -0.3 is 23.0 Å². The van der Waals surface area contributed by atoms with E-state index < -0.39 is 7.82 Å². The number of phosphoric acid groups is 1. The highest BCUT2D eigenvalue weighted by atomic mass is 31.2. The van der Waals surface area contributed by atoms with Crippen molar-refractivity contribution in [1.82, 2.24) is 0 Å². The number of rotatable bonds is 10. The highest BCUT2D eigenvalue weighted by Crippen LogP contribution is 2.50. The van der Waals surface area contributed by atoms with Crippen molar-refractivity contribution in [2.75, 3.05) is 0 Å². The molecule has 0 aliphatic carbocycles. The molecule has 0 heterocycles. The lowest BCUT2D eigenvalue weighted by atomic mass is 10.1. The fraction of sp³-hybridized carbons (Fsp3) is 0. The number of hydrogen-bond donors (Lipinski definition) is 0. The Kier molecular flexibility index (Phi) is 8.94. The summed E-state index contributed by atoms with van der Waals surface area (Å²) in [5, 5.41) is 18.4. The molecule has 216 valence electrons. The van der Waals surface area contributed by atoms with Crippen molar-refractivity contribution in [2.24, 2.45) is 0 Å². The van der Waals surface area contributed by atoms with Gasteiger partial charge in [-0.25, -0.2) is 4.85 Å². The van der Waals surface area contributed by atoms with Gasteiger partial charge in [-0.05, 0) is 91.0 Å². The zero-order valence-corrected chi connectivity index (χ0v) is 24.0. The number of para-hydroxylation sites is 1. The maximum atomic E-state index is 13.9. The van der Waals surface area contributed by atoms with Crippen LogP contribution in [0.4, 0.5) is 11.4 Å². The minimum Gasteiger partial charge on any atom is -0.459 e. The summed E-state index contributed by atoms with van der Waals surface area (Å²) < 4.78 is 42.7. The van der Waals surface area contributed by atoms with Gasteiger partial charge in [0.1, 0.15) is 52.4 Å². The van der Waals surface area contributed by atoms with Gasteiger partial charge in [0, 0.05) is 0 Å². The molecule has 5 aromatic rings. The Hall–Kier alpha value is -6.71. The monoisotopic (exact) mass is 610 g/mol. The molecule has 0 aromatic heterocycles. The normalized spacial score (nSPS) is 11.3. The van der Waals surface area contributed by atoms with Crippen molar-refractivity contribution >= 4 is 19.2 Å². The average molecular weight is 611 g/mol. The van der Waals surface area contributed by atoms with Gasteiger partial charge in [-0.15, -0.1) is 0 Å². The van der Waals surface area contributed by atoms with Gasteiger partial charge in [0.15, 0.2) is 11.4 Å². The molecule has 45 heavy (non-hydrogen) atoms. The van der Waals surface area contributed by atoms with Crippen LogP contribution in [0.2, 0.25) is 0 Å². The first-order valence-corrected chi connectivity index (χ1v) is 14.5. The van der Waals surface area contributed by atoms with Crippen LogP contribution in [0.1, 0.15) is 11.1 Å². The number of nitrogens with zero attached hydrogens (tertiary/aromatic N) is 4. The summed E-state index contributed by atoms with van der Waals surface area (Å²) in [6.45, 7) is 14.4. The largest absolute Gasteiger partial charge is 0.647 e. The van der Waals surface area contributed by atoms with Gasteiger partial charge in [0.25, 0.3) is 0 Å². The Labute approximate surface area is 258 Å². The number of nitriles is 2. The molecule has 0 bridgehead atoms. The zero-order valence-electron chi connectivity index (χ0n) is 23.2. The summed E-state index contributed by atoms with van der Waals surface area (Å²) in [6.07, 6.45) is 0. The van der Waals surface area contributed by atoms with Crippen LogP contribution in [0, 0.1) is 35.8 Å². The molecular weight excluding hydrogens is 591 g/mol. The molecule has 1 unspecified atom stereocenters. The molecule has 0 radical (unpaired) electrons. The van der Waals surface area contributed by atoms with E-state index in [1.165, 1.54) is 48.5 Å². The van der Waals surface area contributed by atoms with E-state index in [0.717, 1.165) is 0 Å². The minimum atomic E-state index is -4.30. The number of ether oxygens (including phenoxy) is 2. The van der Waals surface area contributed by atoms with Crippen LogP contribution < -0.4 is 23.0 Å². The maximum absolute atomic E-state index is 13.9. The van der Waals surface area contributed by atoms with E-state index in [2.05, 4.69) is 9.69 Å². The van der Waals surface area contributed by atoms with Gasteiger partial charge in [0.05, 0.1) is 24.3 Å². The van der Waals surface area contributed by atoms with Gasteiger partial charge in [0.2, 0.25) is 0 Å². The van der Waals surface area contributed by atoms with E-state index in [-0.39, 0.29) is 39.8 Å². The van der Waals surface area contributed by atoms with E-state index in [4.69, 9.17) is 41.5 Å². The summed E-state index contributed by atoms with van der Waals surface area (Å²) in [5.41, 5.74) is 0.848. The topological polar surface area (TPSA) is 120 Å². The summed E-state index contributed by atoms with van der Waals surface area (Å²) in [7, 11) is -4.30. The van der Waals surface area contributed by atoms with Gasteiger partial charge >= 0.3 is 7.82 Å². The Balaban J connectivity index is 1.32. The SMILES string of the molecule is [C-]#[N+]c1ccc(Oc2ccc(OP(=O)(Oc3ccccc3)Oc3ccc(Oc4ccc(C#N)c(C#N)c4)cc3)cc2)cc1[N+]#[C-]. The molecule has 1 atom stereocenters. The van der Waals surface area contributed by atoms with Crippen molar-refractivity contribution < 1.29 is 27.6 Å². The van der Waals surface area contributed by atoms with Gasteiger partial charge in [-0.3, -0.25) is 4.85 Å². The second-order valence-corrected chi connectivity index (χ2v) is 10.4. The molecule has 0 saturated carbocycles. The van der Waals surface area contributed by atoms with E-state index in [0.29, 0.717) is 23.0 Å². The fourth-order valence-corrected chi connectivity index (χ4v) is 5.11. The van der Waals surface area contributed by atoms with Crippen LogP contribution in [-0.4, -0.2) is 0 Å². The molecule has 5 rings (SSSR count). The standard InChI is InChI=1S/C34H19N4O6P/c1-37-33-19-18-32(21-34(33)38-2)41-27-12-16-30(17-13-27)44-45(39,42-28-6-4-3-5-7-28)43-29-14-10-26(11-15-29)40-31-9-8-24(22-35)25(20-31)23-36/h3-21H. The molecule has 0 aliphatic heterocycles. The highest BCUT2D eigenvalue weighted by Gasteiger charge is 2.33. The van der Waals surface area contributed by atoms with E-state index in [1.54, 1.807) is 66.7 Å². The summed E-state index contributed by atoms with van der Waals surface area (Å²) >= 11 is 0. The lowest BCUT2D eigenvalue weighted by molar-refractivity contribution is 0.298. The molecule has 0 spiro atoms. The van der Waals surface area contributed by atoms with Crippen LogP contribution in [0.25, 0.3) is 9.69 Å². The second-order valence-electron chi connectivity index (χ2n) is 8.99. The first-order valence-electron chi connectivity index (χ1n) is 13.0. The summed E-state index contributed by atoms with van der Waals surface area (Å²) in [5.74, 6) is 2.14. The van der Waals surface area contributed by atoms with Gasteiger partial charge in [-0.2, -0.15) is 15.1 Å². The minimum absolute atomic E-state index is 0.164. The molecule has 10 nitrogen and oxygen atoms in total. The Morgan fingerprint density at radius 3 is 1.47 bits per heavy atom. The number of benzene rings is 5. The van der Waals surface area contributed by atoms with Crippen molar-refractivity contribution in [2.45, 2.75) is 0 Å². The molecule has 0 aliphatic rings. The lowest BCUT2D eigenvalue weighted by Gasteiger charge is -2.19. The van der Waals surface area contributed by atoms with Crippen molar-refractivity contribution in [3.05, 3.63) is 149 Å². The van der Waals surface area contributed by atoms with E-state index >= 15 is 0 Å². The van der Waals surface area contributed by atoms with Crippen molar-refractivity contribution in [3.63, 3.8) is 0 Å². The Morgan fingerprint density at radius 1 is 0.511 bits per heavy atom. The maximum Gasteiger partial charge on any atom is 0.647 e. The highest BCUT2D eigenvalue weighted by molar-refractivity contribution is 7.49. The van der Waals surface area contributed by atoms with E-state index in [1.807, 2.05) is 12.1 Å². The molecular formula is C34H19N4O6P. The predicted octanol–water partition coefficient (Wildman–Crippen LogP) is 9.76. The van der Waals surface area contributed by atoms with Crippen molar-refractivity contribution in [3.8, 4) is 52.4 Å². The van der Waals surface area contributed by atoms with Gasteiger partial charge in [-0.1, -0.05) is 24.3 Å². The molecule has 11 heteroatoms. The predicted molar refractivity (Wildman–Crippen MR) is 164 cm³/mol. The third-order valence-corrected chi connectivity index (χ3v) is 7.24. The van der Waals surface area contributed by atoms with Crippen LogP contribution in [-0.2, 0) is 4.57 Å². The Morgan fingerprint density at radius 2 is 0.956 bits per heavy atom. The van der Waals surface area contributed by atoms with Crippen LogP contribution in [0.3, 0.4) is 0 Å². The third-order valence-electron chi connectivity index (χ3n) is 5.93. The second kappa shape index (κ2) is 13.5. The van der Waals surface area contributed by atoms with Crippen LogP contribution in [0.5, 0.6) is 40.2 Å². The molecule has 5 aromatic carbocycles. The van der Waals surface area contributed by atoms with Crippen LogP contribution in [0.15, 0.2) is 115 Å². The first-order chi connectivity index (χ1) is 21.9. The van der Waals surface area contributed by atoms with Crippen molar-refractivity contribution in [1.29, 1.82) is 10.5 Å². The molecule has 0 N–H and O–H groups in total. The summed E-state index contributed by atoms with van der Waals surface area (Å²) in [6, 6.07) is 33.8.